The van der Waals surface area contributed by atoms with Crippen molar-refractivity contribution in [1.82, 2.24) is 15.5 Å². The number of likely N-dealkylation sites (tertiary alicyclic amines) is 1. The van der Waals surface area contributed by atoms with Crippen LogP contribution in [0.25, 0.3) is 0 Å². The predicted octanol–water partition coefficient (Wildman–Crippen LogP) is 0.587. The van der Waals surface area contributed by atoms with E-state index >= 15 is 0 Å². The van der Waals surface area contributed by atoms with Crippen molar-refractivity contribution < 1.29 is 4.79 Å². The molecule has 0 spiro atoms. The van der Waals surface area contributed by atoms with Crippen LogP contribution in [0.4, 0.5) is 0 Å². The van der Waals surface area contributed by atoms with Gasteiger partial charge < -0.3 is 15.5 Å². The lowest BCUT2D eigenvalue weighted by Crippen LogP contribution is -2.47. The molecule has 2 N–H and O–H groups in total. The zero-order valence-electron chi connectivity index (χ0n) is 11.1. The van der Waals surface area contributed by atoms with E-state index in [2.05, 4.69) is 29.5 Å². The second-order valence-electron chi connectivity index (χ2n) is 5.68. The first-order valence-corrected chi connectivity index (χ1v) is 6.86. The summed E-state index contributed by atoms with van der Waals surface area (Å²) in [4.78, 5) is 14.7. The number of carbonyl (C=O) groups is 1. The second-order valence-corrected chi connectivity index (χ2v) is 5.68. The molecule has 0 aliphatic carbocycles. The van der Waals surface area contributed by atoms with Crippen molar-refractivity contribution in [3.63, 3.8) is 0 Å². The molecule has 0 aromatic heterocycles. The van der Waals surface area contributed by atoms with Crippen LogP contribution in [0.1, 0.15) is 32.6 Å². The Bertz CT molecular complexity index is 274. The summed E-state index contributed by atoms with van der Waals surface area (Å²) in [5.74, 6) is 0.282. The molecule has 4 nitrogen and oxygen atoms in total. The van der Waals surface area contributed by atoms with Crippen LogP contribution in [0, 0.1) is 5.41 Å². The molecule has 2 fully saturated rings. The molecule has 2 unspecified atom stereocenters. The van der Waals surface area contributed by atoms with Crippen LogP contribution >= 0.6 is 0 Å². The van der Waals surface area contributed by atoms with Crippen LogP contribution in [0.5, 0.6) is 0 Å². The van der Waals surface area contributed by atoms with E-state index < -0.39 is 0 Å². The van der Waals surface area contributed by atoms with Gasteiger partial charge in [0.2, 0.25) is 5.91 Å². The third kappa shape index (κ3) is 2.80. The number of carbonyl (C=O) groups excluding carboxylic acids is 1. The van der Waals surface area contributed by atoms with E-state index in [1.54, 1.807) is 0 Å². The van der Waals surface area contributed by atoms with E-state index in [1.807, 2.05) is 0 Å². The zero-order valence-corrected chi connectivity index (χ0v) is 11.1. The van der Waals surface area contributed by atoms with E-state index in [1.165, 1.54) is 0 Å². The van der Waals surface area contributed by atoms with Crippen molar-refractivity contribution in [1.29, 1.82) is 0 Å². The summed E-state index contributed by atoms with van der Waals surface area (Å²) >= 11 is 0. The third-order valence-corrected chi connectivity index (χ3v) is 4.18. The van der Waals surface area contributed by atoms with Crippen LogP contribution in [0.15, 0.2) is 0 Å². The van der Waals surface area contributed by atoms with Crippen molar-refractivity contribution in [3.05, 3.63) is 0 Å². The molecular formula is C13H25N3O. The Balaban J connectivity index is 1.92. The summed E-state index contributed by atoms with van der Waals surface area (Å²) in [6, 6.07) is 0.363. The molecule has 0 aromatic carbocycles. The molecule has 17 heavy (non-hydrogen) atoms. The standard InChI is InChI=1S/C13H25N3O/c1-3-5-13(6-7-14-10-13)12(17)15-11-4-8-16(2)9-11/h11,14H,3-10H2,1-2H3,(H,15,17). The highest BCUT2D eigenvalue weighted by molar-refractivity contribution is 5.83. The molecule has 98 valence electrons. The molecular weight excluding hydrogens is 214 g/mol. The van der Waals surface area contributed by atoms with Crippen LogP contribution in [0.2, 0.25) is 0 Å². The minimum absolute atomic E-state index is 0.129. The first kappa shape index (κ1) is 12.8. The fourth-order valence-electron chi connectivity index (χ4n) is 3.13. The Morgan fingerprint density at radius 3 is 2.94 bits per heavy atom. The van der Waals surface area contributed by atoms with Crippen molar-refractivity contribution >= 4 is 5.91 Å². The summed E-state index contributed by atoms with van der Waals surface area (Å²) in [6.07, 6.45) is 4.18. The molecule has 2 aliphatic rings. The fourth-order valence-corrected chi connectivity index (χ4v) is 3.13. The predicted molar refractivity (Wildman–Crippen MR) is 68.9 cm³/mol. The lowest BCUT2D eigenvalue weighted by atomic mass is 9.81. The van der Waals surface area contributed by atoms with E-state index in [4.69, 9.17) is 0 Å². The third-order valence-electron chi connectivity index (χ3n) is 4.18. The molecule has 4 heteroatoms. The van der Waals surface area contributed by atoms with Gasteiger partial charge in [0.25, 0.3) is 0 Å². The summed E-state index contributed by atoms with van der Waals surface area (Å²) in [6.45, 7) is 6.11. The van der Waals surface area contributed by atoms with Gasteiger partial charge in [0.1, 0.15) is 0 Å². The number of rotatable bonds is 4. The van der Waals surface area contributed by atoms with Crippen molar-refractivity contribution in [2.75, 3.05) is 33.2 Å². The maximum atomic E-state index is 12.5. The second kappa shape index (κ2) is 5.36. The van der Waals surface area contributed by atoms with Gasteiger partial charge in [0.05, 0.1) is 5.41 Å². The highest BCUT2D eigenvalue weighted by Gasteiger charge is 2.41. The van der Waals surface area contributed by atoms with Crippen LogP contribution < -0.4 is 10.6 Å². The molecule has 2 rings (SSSR count). The van der Waals surface area contributed by atoms with Crippen molar-refractivity contribution in [2.24, 2.45) is 5.41 Å². The Labute approximate surface area is 104 Å². The number of hydrogen-bond donors (Lipinski definition) is 2. The van der Waals surface area contributed by atoms with Crippen LogP contribution in [-0.4, -0.2) is 50.1 Å². The monoisotopic (exact) mass is 239 g/mol. The van der Waals surface area contributed by atoms with Gasteiger partial charge in [0.15, 0.2) is 0 Å². The maximum absolute atomic E-state index is 12.5. The number of amides is 1. The van der Waals surface area contributed by atoms with Crippen molar-refractivity contribution in [3.8, 4) is 0 Å². The van der Waals surface area contributed by atoms with E-state index in [-0.39, 0.29) is 11.3 Å². The molecule has 2 atom stereocenters. The minimum Gasteiger partial charge on any atom is -0.352 e. The fraction of sp³-hybridized carbons (Fsp3) is 0.923. The largest absolute Gasteiger partial charge is 0.352 e. The van der Waals surface area contributed by atoms with E-state index in [9.17, 15) is 4.79 Å². The van der Waals surface area contributed by atoms with Crippen LogP contribution in [0.3, 0.4) is 0 Å². The molecule has 2 heterocycles. The molecule has 2 aliphatic heterocycles. The summed E-state index contributed by atoms with van der Waals surface area (Å²) < 4.78 is 0. The summed E-state index contributed by atoms with van der Waals surface area (Å²) in [5, 5.41) is 6.60. The van der Waals surface area contributed by atoms with E-state index in [0.29, 0.717) is 6.04 Å². The first-order chi connectivity index (χ1) is 8.16. The Hall–Kier alpha value is -0.610. The average Bonchev–Trinajstić information content (AvgIpc) is 2.89. The summed E-state index contributed by atoms with van der Waals surface area (Å²) in [5.41, 5.74) is -0.129. The quantitative estimate of drug-likeness (QED) is 0.754. The van der Waals surface area contributed by atoms with Gasteiger partial charge in [-0.1, -0.05) is 13.3 Å². The molecule has 0 aromatic rings. The Morgan fingerprint density at radius 2 is 2.41 bits per heavy atom. The number of nitrogens with one attached hydrogen (secondary N) is 2. The molecule has 1 amide bonds. The van der Waals surface area contributed by atoms with Gasteiger partial charge in [-0.25, -0.2) is 0 Å². The van der Waals surface area contributed by atoms with Gasteiger partial charge in [-0.05, 0) is 39.4 Å². The zero-order chi connectivity index (χ0) is 12.3. The Kier molecular flexibility index (Phi) is 4.05. The summed E-state index contributed by atoms with van der Waals surface area (Å²) in [7, 11) is 2.12. The van der Waals surface area contributed by atoms with Gasteiger partial charge in [-0.15, -0.1) is 0 Å². The topological polar surface area (TPSA) is 44.4 Å². The van der Waals surface area contributed by atoms with Gasteiger partial charge in [0, 0.05) is 19.1 Å². The minimum atomic E-state index is -0.129. The normalized spacial score (nSPS) is 34.1. The Morgan fingerprint density at radius 1 is 1.59 bits per heavy atom. The van der Waals surface area contributed by atoms with Crippen molar-refractivity contribution in [2.45, 2.75) is 38.6 Å². The average molecular weight is 239 g/mol. The first-order valence-electron chi connectivity index (χ1n) is 6.86. The van der Waals surface area contributed by atoms with Crippen LogP contribution in [-0.2, 0) is 4.79 Å². The maximum Gasteiger partial charge on any atom is 0.227 e. The van der Waals surface area contributed by atoms with Gasteiger partial charge in [-0.3, -0.25) is 4.79 Å². The lowest BCUT2D eigenvalue weighted by Gasteiger charge is -2.28. The van der Waals surface area contributed by atoms with Gasteiger partial charge in [-0.2, -0.15) is 0 Å². The van der Waals surface area contributed by atoms with Gasteiger partial charge >= 0.3 is 0 Å². The number of likely N-dealkylation sites (N-methyl/N-ethyl adjacent to an activating group) is 1. The lowest BCUT2D eigenvalue weighted by molar-refractivity contribution is -0.131. The SMILES string of the molecule is CCCC1(C(=O)NC2CCN(C)C2)CCNC1. The van der Waals surface area contributed by atoms with E-state index in [0.717, 1.165) is 51.9 Å². The number of nitrogens with zero attached hydrogens (tertiary/aromatic N) is 1. The molecule has 2 saturated heterocycles. The molecule has 0 bridgehead atoms. The molecule has 0 radical (unpaired) electrons. The molecule has 0 saturated carbocycles. The number of hydrogen-bond acceptors (Lipinski definition) is 3. The highest BCUT2D eigenvalue weighted by Crippen LogP contribution is 2.31. The smallest absolute Gasteiger partial charge is 0.227 e. The highest BCUT2D eigenvalue weighted by atomic mass is 16.2.